The van der Waals surface area contributed by atoms with Crippen LogP contribution in [0.2, 0.25) is 0 Å². The molecule has 0 aromatic heterocycles. The Bertz CT molecular complexity index is 670. The number of benzene rings is 1. The number of rotatable bonds is 4. The van der Waals surface area contributed by atoms with Crippen molar-refractivity contribution in [2.45, 2.75) is 25.8 Å². The maximum Gasteiger partial charge on any atom is 0.254 e. The molecule has 0 saturated carbocycles. The van der Waals surface area contributed by atoms with Gasteiger partial charge in [-0.3, -0.25) is 9.59 Å². The normalized spacial score (nSPS) is 20.3. The molecule has 7 nitrogen and oxygen atoms in total. The van der Waals surface area contributed by atoms with Crippen molar-refractivity contribution in [1.29, 1.82) is 0 Å². The second-order valence-electron chi connectivity index (χ2n) is 7.25. The molecule has 1 atom stereocenters. The zero-order chi connectivity index (χ0) is 19.4. The van der Waals surface area contributed by atoms with Crippen LogP contribution >= 0.6 is 12.4 Å². The van der Waals surface area contributed by atoms with E-state index in [1.807, 2.05) is 9.80 Å². The van der Waals surface area contributed by atoms with Crippen LogP contribution in [0.4, 0.5) is 0 Å². The second-order valence-corrected chi connectivity index (χ2v) is 7.25. The first-order valence-corrected chi connectivity index (χ1v) is 9.57. The minimum Gasteiger partial charge on any atom is -0.497 e. The van der Waals surface area contributed by atoms with Crippen molar-refractivity contribution >= 4 is 24.2 Å². The molecule has 8 heteroatoms. The van der Waals surface area contributed by atoms with Crippen molar-refractivity contribution < 1.29 is 19.1 Å². The number of piperidine rings is 1. The molecular weight excluding hydrogens is 382 g/mol. The minimum atomic E-state index is -0.0476. The van der Waals surface area contributed by atoms with Gasteiger partial charge in [-0.1, -0.05) is 0 Å². The highest BCUT2D eigenvalue weighted by Gasteiger charge is 2.33. The van der Waals surface area contributed by atoms with Gasteiger partial charge in [0.1, 0.15) is 11.5 Å². The summed E-state index contributed by atoms with van der Waals surface area (Å²) in [5.74, 6) is 1.38. The zero-order valence-electron chi connectivity index (χ0n) is 16.8. The molecule has 2 amide bonds. The fourth-order valence-corrected chi connectivity index (χ4v) is 3.85. The number of hydrogen-bond donors (Lipinski definition) is 1. The number of methoxy groups -OCH3 is 2. The number of hydrogen-bond acceptors (Lipinski definition) is 5. The molecule has 2 heterocycles. The van der Waals surface area contributed by atoms with E-state index >= 15 is 0 Å². The summed E-state index contributed by atoms with van der Waals surface area (Å²) in [7, 11) is 3.13. The predicted molar refractivity (Wildman–Crippen MR) is 109 cm³/mol. The Kier molecular flexibility index (Phi) is 7.95. The first-order valence-electron chi connectivity index (χ1n) is 9.57. The summed E-state index contributed by atoms with van der Waals surface area (Å²) in [6.07, 6.45) is 1.42. The summed E-state index contributed by atoms with van der Waals surface area (Å²) >= 11 is 0. The molecule has 0 radical (unpaired) electrons. The number of piperazine rings is 1. The Balaban J connectivity index is 0.00000280. The summed E-state index contributed by atoms with van der Waals surface area (Å²) in [4.78, 5) is 29.5. The number of ether oxygens (including phenoxy) is 2. The lowest BCUT2D eigenvalue weighted by Gasteiger charge is -2.39. The van der Waals surface area contributed by atoms with Gasteiger partial charge in [-0.2, -0.15) is 0 Å². The van der Waals surface area contributed by atoms with Crippen molar-refractivity contribution in [3.63, 3.8) is 0 Å². The van der Waals surface area contributed by atoms with Gasteiger partial charge in [0.25, 0.3) is 5.91 Å². The first-order chi connectivity index (χ1) is 13.0. The lowest BCUT2D eigenvalue weighted by atomic mass is 9.94. The van der Waals surface area contributed by atoms with Crippen LogP contribution in [-0.4, -0.2) is 74.6 Å². The summed E-state index contributed by atoms with van der Waals surface area (Å²) < 4.78 is 10.5. The molecule has 1 N–H and O–H groups in total. The number of amides is 2. The van der Waals surface area contributed by atoms with E-state index in [-0.39, 0.29) is 36.2 Å². The summed E-state index contributed by atoms with van der Waals surface area (Å²) in [5.41, 5.74) is 0.548. The van der Waals surface area contributed by atoms with Gasteiger partial charge in [-0.05, 0) is 31.9 Å². The zero-order valence-corrected chi connectivity index (χ0v) is 17.6. The molecule has 1 aromatic carbocycles. The van der Waals surface area contributed by atoms with Gasteiger partial charge in [0.05, 0.1) is 14.2 Å². The Morgan fingerprint density at radius 3 is 2.18 bits per heavy atom. The second kappa shape index (κ2) is 9.98. The van der Waals surface area contributed by atoms with Crippen molar-refractivity contribution in [1.82, 2.24) is 15.1 Å². The van der Waals surface area contributed by atoms with E-state index in [4.69, 9.17) is 9.47 Å². The fraction of sp³-hybridized carbons (Fsp3) is 0.600. The van der Waals surface area contributed by atoms with Gasteiger partial charge in [-0.25, -0.2) is 0 Å². The van der Waals surface area contributed by atoms with Crippen molar-refractivity contribution in [2.75, 3.05) is 46.9 Å². The largest absolute Gasteiger partial charge is 0.497 e. The Morgan fingerprint density at radius 2 is 1.64 bits per heavy atom. The summed E-state index contributed by atoms with van der Waals surface area (Å²) in [5, 5.41) is 3.31. The van der Waals surface area contributed by atoms with Crippen LogP contribution in [0, 0.1) is 5.92 Å². The average Bonchev–Trinajstić information content (AvgIpc) is 2.72. The minimum absolute atomic E-state index is 0. The lowest BCUT2D eigenvalue weighted by Crippen LogP contribution is -2.55. The van der Waals surface area contributed by atoms with E-state index in [2.05, 4.69) is 12.2 Å². The topological polar surface area (TPSA) is 71.1 Å². The molecule has 2 aliphatic rings. The van der Waals surface area contributed by atoms with E-state index in [1.165, 1.54) is 0 Å². The number of carbonyl (C=O) groups is 2. The standard InChI is InChI=1S/C20H29N3O4.ClH/c1-14-13-21-6-9-23(14)20(25)15-4-7-22(8-5-15)19(24)16-10-17(26-2)12-18(11-16)27-3;/h10-12,14-15,21H,4-9,13H2,1-3H3;1H/t14-;/m0./s1. The van der Waals surface area contributed by atoms with Crippen molar-refractivity contribution in [3.8, 4) is 11.5 Å². The maximum absolute atomic E-state index is 12.9. The highest BCUT2D eigenvalue weighted by atomic mass is 35.5. The predicted octanol–water partition coefficient (Wildman–Crippen LogP) is 1.80. The van der Waals surface area contributed by atoms with Gasteiger partial charge in [0.15, 0.2) is 0 Å². The molecule has 3 rings (SSSR count). The highest BCUT2D eigenvalue weighted by Crippen LogP contribution is 2.26. The summed E-state index contributed by atoms with van der Waals surface area (Å²) in [6, 6.07) is 5.43. The van der Waals surface area contributed by atoms with Gasteiger partial charge < -0.3 is 24.6 Å². The van der Waals surface area contributed by atoms with Crippen LogP contribution in [0.15, 0.2) is 18.2 Å². The number of carbonyl (C=O) groups excluding carboxylic acids is 2. The maximum atomic E-state index is 12.9. The fourth-order valence-electron chi connectivity index (χ4n) is 3.85. The van der Waals surface area contributed by atoms with Crippen LogP contribution in [0.3, 0.4) is 0 Å². The van der Waals surface area contributed by atoms with Crippen molar-refractivity contribution in [3.05, 3.63) is 23.8 Å². The van der Waals surface area contributed by atoms with Gasteiger partial charge >= 0.3 is 0 Å². The third kappa shape index (κ3) is 4.89. The Morgan fingerprint density at radius 1 is 1.04 bits per heavy atom. The van der Waals surface area contributed by atoms with Crippen LogP contribution in [0.5, 0.6) is 11.5 Å². The quantitative estimate of drug-likeness (QED) is 0.818. The van der Waals surface area contributed by atoms with E-state index < -0.39 is 0 Å². The number of nitrogens with one attached hydrogen (secondary N) is 1. The molecule has 1 aromatic rings. The smallest absolute Gasteiger partial charge is 0.254 e. The van der Waals surface area contributed by atoms with Gasteiger partial charge in [0.2, 0.25) is 5.91 Å². The Labute approximate surface area is 172 Å². The van der Waals surface area contributed by atoms with E-state index in [0.29, 0.717) is 43.0 Å². The molecular formula is C20H30ClN3O4. The van der Waals surface area contributed by atoms with Crippen LogP contribution in [0.1, 0.15) is 30.1 Å². The first kappa shape index (κ1) is 22.3. The van der Waals surface area contributed by atoms with Gasteiger partial charge in [-0.15, -0.1) is 12.4 Å². The molecule has 2 fully saturated rings. The molecule has 28 heavy (non-hydrogen) atoms. The molecule has 0 spiro atoms. The molecule has 2 saturated heterocycles. The van der Waals surface area contributed by atoms with Gasteiger partial charge in [0, 0.05) is 56.3 Å². The molecule has 0 unspecified atom stereocenters. The third-order valence-electron chi connectivity index (χ3n) is 5.51. The monoisotopic (exact) mass is 411 g/mol. The van der Waals surface area contributed by atoms with Crippen molar-refractivity contribution in [2.24, 2.45) is 5.92 Å². The van der Waals surface area contributed by atoms with E-state index in [0.717, 1.165) is 19.6 Å². The van der Waals surface area contributed by atoms with Crippen LogP contribution in [-0.2, 0) is 4.79 Å². The number of halogens is 1. The van der Waals surface area contributed by atoms with Crippen LogP contribution < -0.4 is 14.8 Å². The molecule has 0 aliphatic carbocycles. The SMILES string of the molecule is COc1cc(OC)cc(C(=O)N2CCC(C(=O)N3CCNC[C@@H]3C)CC2)c1.Cl. The Hall–Kier alpha value is -1.99. The van der Waals surface area contributed by atoms with E-state index in [1.54, 1.807) is 32.4 Å². The highest BCUT2D eigenvalue weighted by molar-refractivity contribution is 5.95. The number of likely N-dealkylation sites (tertiary alicyclic amines) is 1. The molecule has 2 aliphatic heterocycles. The third-order valence-corrected chi connectivity index (χ3v) is 5.51. The lowest BCUT2D eigenvalue weighted by molar-refractivity contribution is -0.139. The summed E-state index contributed by atoms with van der Waals surface area (Å²) in [6.45, 7) is 5.73. The van der Waals surface area contributed by atoms with Crippen LogP contribution in [0.25, 0.3) is 0 Å². The molecule has 156 valence electrons. The average molecular weight is 412 g/mol. The van der Waals surface area contributed by atoms with E-state index in [9.17, 15) is 9.59 Å². The molecule has 0 bridgehead atoms. The number of nitrogens with zero attached hydrogens (tertiary/aromatic N) is 2.